The average Bonchev–Trinajstić information content (AvgIpc) is 3.50. The van der Waals surface area contributed by atoms with Gasteiger partial charge in [-0.05, 0) is 88.4 Å². The van der Waals surface area contributed by atoms with Gasteiger partial charge in [-0.15, -0.1) is 0 Å². The Labute approximate surface area is 350 Å². The first kappa shape index (κ1) is 43.5. The molecule has 322 valence electrons. The Balaban J connectivity index is 0.00000410. The van der Waals surface area contributed by atoms with E-state index in [9.17, 15) is 23.6 Å². The van der Waals surface area contributed by atoms with E-state index in [0.29, 0.717) is 50.5 Å². The van der Waals surface area contributed by atoms with Gasteiger partial charge in [0, 0.05) is 72.5 Å². The Kier molecular flexibility index (Phi) is 13.9. The highest BCUT2D eigenvalue weighted by atomic mass is 19.1. The molecule has 2 saturated heterocycles. The smallest absolute Gasteiger partial charge is 0.410 e. The monoisotopic (exact) mass is 818 g/mol. The fraction of sp³-hybridized carbons (Fsp3) is 0.511. The van der Waals surface area contributed by atoms with Crippen molar-refractivity contribution in [3.63, 3.8) is 0 Å². The predicted octanol–water partition coefficient (Wildman–Crippen LogP) is 5.59. The Hall–Kier alpha value is -5.05. The van der Waals surface area contributed by atoms with Crippen molar-refractivity contribution in [2.24, 2.45) is 0 Å². The number of ether oxygens (including phenoxy) is 3. The molecule has 3 aliphatic heterocycles. The van der Waals surface area contributed by atoms with Crippen molar-refractivity contribution in [1.29, 1.82) is 0 Å². The van der Waals surface area contributed by atoms with Crippen LogP contribution >= 0.6 is 0 Å². The van der Waals surface area contributed by atoms with Crippen molar-refractivity contribution in [1.82, 2.24) is 25.3 Å². The molecule has 6 rings (SSSR count). The molecule has 3 heterocycles. The van der Waals surface area contributed by atoms with Crippen LogP contribution in [0.1, 0.15) is 66.6 Å². The van der Waals surface area contributed by atoms with Gasteiger partial charge in [0.05, 0.1) is 25.2 Å². The normalized spacial score (nSPS) is 22.4. The van der Waals surface area contributed by atoms with E-state index in [2.05, 4.69) is 27.4 Å². The van der Waals surface area contributed by atoms with Gasteiger partial charge in [0.2, 0.25) is 11.8 Å². The van der Waals surface area contributed by atoms with Gasteiger partial charge in [-0.25, -0.2) is 14.0 Å². The highest BCUT2D eigenvalue weighted by Crippen LogP contribution is 2.42. The zero-order valence-electron chi connectivity index (χ0n) is 35.2. The number of amides is 4. The summed E-state index contributed by atoms with van der Waals surface area (Å²) >= 11 is 0. The second kappa shape index (κ2) is 18.9. The fourth-order valence-electron chi connectivity index (χ4n) is 8.04. The second-order valence-electron chi connectivity index (χ2n) is 17.2. The van der Waals surface area contributed by atoms with Crippen molar-refractivity contribution in [2.75, 3.05) is 70.5 Å². The molecule has 13 nitrogen and oxygen atoms in total. The molecule has 0 bridgehead atoms. The first-order valence-corrected chi connectivity index (χ1v) is 20.6. The van der Waals surface area contributed by atoms with Crippen molar-refractivity contribution >= 4 is 29.7 Å². The number of fused-ring (bicyclic) bond motifs is 1. The molecule has 2 N–H and O–H groups in total. The molecule has 14 heteroatoms. The summed E-state index contributed by atoms with van der Waals surface area (Å²) in [6.45, 7) is 15.6. The van der Waals surface area contributed by atoms with Crippen LogP contribution in [0.15, 0.2) is 72.8 Å². The lowest BCUT2D eigenvalue weighted by Gasteiger charge is -2.47. The quantitative estimate of drug-likeness (QED) is 0.225. The minimum Gasteiger partial charge on any atom is -0.445 e. The third-order valence-electron chi connectivity index (χ3n) is 11.3. The van der Waals surface area contributed by atoms with Crippen LogP contribution < -0.4 is 15.5 Å². The second-order valence-corrected chi connectivity index (χ2v) is 17.2. The summed E-state index contributed by atoms with van der Waals surface area (Å²) in [6, 6.07) is 21.3. The zero-order valence-corrected chi connectivity index (χ0v) is 35.2. The van der Waals surface area contributed by atoms with Gasteiger partial charge in [-0.1, -0.05) is 54.6 Å². The highest BCUT2D eigenvalue weighted by Gasteiger charge is 2.47. The number of carbonyl (C=O) groups excluding carboxylic acids is 4. The van der Waals surface area contributed by atoms with E-state index in [1.165, 1.54) is 12.1 Å². The maximum absolute atomic E-state index is 14.7. The van der Waals surface area contributed by atoms with Crippen molar-refractivity contribution in [2.45, 2.75) is 83.7 Å². The van der Waals surface area contributed by atoms with E-state index < -0.39 is 17.1 Å². The van der Waals surface area contributed by atoms with Crippen LogP contribution in [-0.2, 0) is 42.2 Å². The van der Waals surface area contributed by atoms with E-state index in [4.69, 9.17) is 14.2 Å². The van der Waals surface area contributed by atoms with Crippen molar-refractivity contribution < 1.29 is 40.6 Å². The number of alkyl carbamates (subject to hydrolysis) is 1. The lowest BCUT2D eigenvalue weighted by molar-refractivity contribution is -0.126. The topological polar surface area (TPSA) is 133 Å². The average molecular weight is 819 g/mol. The van der Waals surface area contributed by atoms with Crippen LogP contribution in [0.4, 0.5) is 19.7 Å². The number of benzene rings is 3. The Morgan fingerprint density at radius 3 is 2.32 bits per heavy atom. The zero-order chi connectivity index (χ0) is 42.3. The van der Waals surface area contributed by atoms with Crippen LogP contribution in [0.2, 0.25) is 0 Å². The number of anilines is 1. The molecule has 2 fully saturated rings. The van der Waals surface area contributed by atoms with Gasteiger partial charge in [0.25, 0.3) is 0 Å². The van der Waals surface area contributed by atoms with Crippen LogP contribution in [0.3, 0.4) is 0 Å². The minimum absolute atomic E-state index is 0. The first-order valence-electron chi connectivity index (χ1n) is 20.6. The SMILES string of the molecule is C[C@@H]1COCCN1C[C@H]1CN(C(=O)OC(C)(C)C)[C@H](C)CN1CC(=O)N1CC(C)(C(=O)NCCNC(=O)OCc2ccccc2)c2ccc(Cc3ccc(F)cc3)cc21.[HH].[HH]. The Morgan fingerprint density at radius 1 is 0.898 bits per heavy atom. The minimum atomic E-state index is -1.10. The number of carbonyl (C=O) groups is 4. The number of piperazine rings is 1. The van der Waals surface area contributed by atoms with E-state index in [0.717, 1.165) is 23.2 Å². The number of morpholine rings is 1. The molecule has 0 aromatic heterocycles. The largest absolute Gasteiger partial charge is 0.445 e. The number of nitrogens with zero attached hydrogens (tertiary/aromatic N) is 4. The molecule has 0 saturated carbocycles. The Bertz CT molecular complexity index is 1960. The van der Waals surface area contributed by atoms with E-state index in [1.807, 2.05) is 83.1 Å². The van der Waals surface area contributed by atoms with Gasteiger partial charge in [-0.2, -0.15) is 0 Å². The molecule has 3 aliphatic rings. The predicted molar refractivity (Wildman–Crippen MR) is 227 cm³/mol. The van der Waals surface area contributed by atoms with Crippen molar-refractivity contribution in [3.05, 3.63) is 101 Å². The van der Waals surface area contributed by atoms with E-state index in [-0.39, 0.29) is 77.5 Å². The number of halogens is 1. The molecule has 59 heavy (non-hydrogen) atoms. The third kappa shape index (κ3) is 11.2. The van der Waals surface area contributed by atoms with Gasteiger partial charge in [0.1, 0.15) is 18.0 Å². The van der Waals surface area contributed by atoms with E-state index >= 15 is 0 Å². The van der Waals surface area contributed by atoms with Crippen molar-refractivity contribution in [3.8, 4) is 0 Å². The number of rotatable bonds is 12. The maximum Gasteiger partial charge on any atom is 0.410 e. The maximum atomic E-state index is 14.7. The van der Waals surface area contributed by atoms with Gasteiger partial charge in [-0.3, -0.25) is 19.4 Å². The molecule has 3 aromatic carbocycles. The number of hydrogen-bond donors (Lipinski definition) is 2. The summed E-state index contributed by atoms with van der Waals surface area (Å²) in [5.41, 5.74) is 2.30. The lowest BCUT2D eigenvalue weighted by atomic mass is 9.83. The van der Waals surface area contributed by atoms with E-state index in [1.54, 1.807) is 21.9 Å². The standard InChI is InChI=1S/C45H59FN6O7.2H2/c1-31-24-50(37(25-49-20-21-57-28-32(49)2)26-51(31)43(56)59-44(3,4)5)27-40(53)52-30-45(6,38-17-14-35(23-39(38)52)22-33-12-15-36(46)16-13-33)41(54)47-18-19-48-42(55)58-29-34-10-8-7-9-11-34;;/h7-17,23,31-32,37H,18-22,24-30H2,1-6H3,(H,47,54)(H,48,55);2*1H/t31-,32-,37+,45?;;/m1../s1. The molecule has 0 aliphatic carbocycles. The third-order valence-corrected chi connectivity index (χ3v) is 11.3. The molecule has 0 spiro atoms. The van der Waals surface area contributed by atoms with Gasteiger partial charge >= 0.3 is 12.2 Å². The van der Waals surface area contributed by atoms with Crippen LogP contribution in [0.5, 0.6) is 0 Å². The summed E-state index contributed by atoms with van der Waals surface area (Å²) < 4.78 is 30.5. The highest BCUT2D eigenvalue weighted by molar-refractivity contribution is 6.03. The summed E-state index contributed by atoms with van der Waals surface area (Å²) in [6.07, 6.45) is -0.457. The molecule has 4 amide bonds. The molecule has 1 unspecified atom stereocenters. The van der Waals surface area contributed by atoms with Crippen LogP contribution in [-0.4, -0.2) is 128 Å². The fourth-order valence-corrected chi connectivity index (χ4v) is 8.04. The first-order chi connectivity index (χ1) is 28.1. The van der Waals surface area contributed by atoms with Crippen LogP contribution in [0.25, 0.3) is 0 Å². The van der Waals surface area contributed by atoms with Gasteiger partial charge < -0.3 is 34.6 Å². The molecule has 4 atom stereocenters. The summed E-state index contributed by atoms with van der Waals surface area (Å²) in [4.78, 5) is 62.6. The van der Waals surface area contributed by atoms with Crippen LogP contribution in [0, 0.1) is 5.82 Å². The Morgan fingerprint density at radius 2 is 1.61 bits per heavy atom. The molecular formula is C45H63FN6O7. The molecular weight excluding hydrogens is 756 g/mol. The lowest BCUT2D eigenvalue weighted by Crippen LogP contribution is -2.64. The summed E-state index contributed by atoms with van der Waals surface area (Å²) in [5, 5.41) is 5.66. The van der Waals surface area contributed by atoms with Gasteiger partial charge in [0.15, 0.2) is 0 Å². The number of nitrogens with one attached hydrogen (secondary N) is 2. The number of hydrogen-bond acceptors (Lipinski definition) is 9. The summed E-state index contributed by atoms with van der Waals surface area (Å²) in [7, 11) is 0. The molecule has 3 aromatic rings. The molecule has 0 radical (unpaired) electrons. The summed E-state index contributed by atoms with van der Waals surface area (Å²) in [5.74, 6) is -0.760.